The molecule has 0 saturated carbocycles. The van der Waals surface area contributed by atoms with Gasteiger partial charge < -0.3 is 10.1 Å². The summed E-state index contributed by atoms with van der Waals surface area (Å²) in [6, 6.07) is 20.5. The van der Waals surface area contributed by atoms with Crippen LogP contribution in [0, 0.1) is 0 Å². The van der Waals surface area contributed by atoms with Gasteiger partial charge in [-0.05, 0) is 42.6 Å². The van der Waals surface area contributed by atoms with Crippen LogP contribution >= 0.6 is 0 Å². The molecule has 3 aromatic rings. The van der Waals surface area contributed by atoms with E-state index in [1.54, 1.807) is 0 Å². The molecule has 0 radical (unpaired) electrons. The number of nitrogens with one attached hydrogen (secondary N) is 1. The van der Waals surface area contributed by atoms with Crippen molar-refractivity contribution in [3.63, 3.8) is 0 Å². The van der Waals surface area contributed by atoms with Crippen LogP contribution in [0.25, 0.3) is 10.8 Å². The van der Waals surface area contributed by atoms with Crippen LogP contribution < -0.4 is 10.1 Å². The first-order valence-corrected chi connectivity index (χ1v) is 7.46. The Morgan fingerprint density at radius 3 is 2.50 bits per heavy atom. The van der Waals surface area contributed by atoms with Gasteiger partial charge in [-0.25, -0.2) is 4.99 Å². The third-order valence-corrected chi connectivity index (χ3v) is 3.80. The van der Waals surface area contributed by atoms with Crippen molar-refractivity contribution in [2.24, 2.45) is 4.99 Å². The molecule has 1 N–H and O–H groups in total. The zero-order valence-corrected chi connectivity index (χ0v) is 12.3. The molecule has 0 atom stereocenters. The fourth-order valence-electron chi connectivity index (χ4n) is 2.83. The van der Waals surface area contributed by atoms with Gasteiger partial charge >= 0.3 is 0 Å². The van der Waals surface area contributed by atoms with Crippen LogP contribution in [0.15, 0.2) is 65.7 Å². The Balaban J connectivity index is 1.66. The zero-order chi connectivity index (χ0) is 14.9. The number of nitrogens with zero attached hydrogens (tertiary/aromatic N) is 1. The maximum atomic E-state index is 5.47. The van der Waals surface area contributed by atoms with E-state index in [2.05, 4.69) is 35.6 Å². The number of hydrogen-bond acceptors (Lipinski definition) is 3. The Labute approximate surface area is 129 Å². The van der Waals surface area contributed by atoms with Crippen molar-refractivity contribution < 1.29 is 4.74 Å². The van der Waals surface area contributed by atoms with Crippen LogP contribution in [0.2, 0.25) is 0 Å². The van der Waals surface area contributed by atoms with Crippen LogP contribution in [0.4, 0.5) is 11.4 Å². The second kappa shape index (κ2) is 5.19. The summed E-state index contributed by atoms with van der Waals surface area (Å²) < 4.78 is 5.47. The van der Waals surface area contributed by atoms with Gasteiger partial charge in [-0.1, -0.05) is 30.3 Å². The first-order chi connectivity index (χ1) is 10.8. The molecule has 0 unspecified atom stereocenters. The fraction of sp³-hybridized carbons (Fsp3) is 0.105. The number of hydrogen-bond donors (Lipinski definition) is 1. The number of rotatable bonds is 3. The Morgan fingerprint density at radius 2 is 1.73 bits per heavy atom. The van der Waals surface area contributed by atoms with Crippen molar-refractivity contribution in [3.8, 4) is 5.75 Å². The van der Waals surface area contributed by atoms with Gasteiger partial charge in [0, 0.05) is 16.6 Å². The molecular formula is C19H16N2O. The smallest absolute Gasteiger partial charge is 0.139 e. The van der Waals surface area contributed by atoms with Gasteiger partial charge in [0.15, 0.2) is 0 Å². The molecule has 0 fully saturated rings. The second-order valence-electron chi connectivity index (χ2n) is 5.22. The van der Waals surface area contributed by atoms with Crippen LogP contribution in [0.5, 0.6) is 5.75 Å². The minimum Gasteiger partial charge on any atom is -0.494 e. The molecule has 0 spiro atoms. The van der Waals surface area contributed by atoms with E-state index in [1.165, 1.54) is 10.8 Å². The maximum Gasteiger partial charge on any atom is 0.139 e. The Morgan fingerprint density at radius 1 is 0.955 bits per heavy atom. The molecule has 1 heterocycles. The van der Waals surface area contributed by atoms with Crippen molar-refractivity contribution in [2.75, 3.05) is 11.9 Å². The number of ether oxygens (including phenoxy) is 1. The molecule has 0 bridgehead atoms. The van der Waals surface area contributed by atoms with E-state index >= 15 is 0 Å². The third-order valence-electron chi connectivity index (χ3n) is 3.80. The van der Waals surface area contributed by atoms with Gasteiger partial charge in [-0.2, -0.15) is 0 Å². The predicted octanol–water partition coefficient (Wildman–Crippen LogP) is 4.74. The average molecular weight is 288 g/mol. The Bertz CT molecular complexity index is 861. The monoisotopic (exact) mass is 288 g/mol. The molecule has 3 nitrogen and oxygen atoms in total. The summed E-state index contributed by atoms with van der Waals surface area (Å²) in [5, 5.41) is 5.86. The second-order valence-corrected chi connectivity index (χ2v) is 5.22. The molecule has 0 aliphatic carbocycles. The summed E-state index contributed by atoms with van der Waals surface area (Å²) >= 11 is 0. The first-order valence-electron chi connectivity index (χ1n) is 7.46. The van der Waals surface area contributed by atoms with Gasteiger partial charge in [-0.3, -0.25) is 0 Å². The molecule has 0 saturated heterocycles. The highest BCUT2D eigenvalue weighted by Crippen LogP contribution is 2.35. The van der Waals surface area contributed by atoms with Crippen LogP contribution in [0.1, 0.15) is 12.5 Å². The number of anilines is 1. The van der Waals surface area contributed by atoms with Crippen LogP contribution in [-0.4, -0.2) is 12.4 Å². The SMILES string of the molecule is CCOc1ccc(NC2=Nc3cccc4cccc2c34)cc1. The maximum absolute atomic E-state index is 5.47. The minimum atomic E-state index is 0.677. The molecule has 3 heteroatoms. The molecule has 0 aromatic heterocycles. The van der Waals surface area contributed by atoms with Crippen molar-refractivity contribution in [3.05, 3.63) is 66.2 Å². The van der Waals surface area contributed by atoms with Gasteiger partial charge in [0.05, 0.1) is 12.3 Å². The average Bonchev–Trinajstić information content (AvgIpc) is 2.90. The highest BCUT2D eigenvalue weighted by Gasteiger charge is 2.17. The van der Waals surface area contributed by atoms with Crippen LogP contribution in [-0.2, 0) is 0 Å². The normalized spacial score (nSPS) is 12.3. The van der Waals surface area contributed by atoms with Gasteiger partial charge in [-0.15, -0.1) is 0 Å². The van der Waals surface area contributed by atoms with E-state index in [9.17, 15) is 0 Å². The summed E-state index contributed by atoms with van der Waals surface area (Å²) in [6.45, 7) is 2.66. The predicted molar refractivity (Wildman–Crippen MR) is 91.4 cm³/mol. The number of amidine groups is 1. The molecule has 1 aliphatic heterocycles. The topological polar surface area (TPSA) is 33.6 Å². The summed E-state index contributed by atoms with van der Waals surface area (Å²) in [7, 11) is 0. The van der Waals surface area contributed by atoms with E-state index < -0.39 is 0 Å². The van der Waals surface area contributed by atoms with E-state index in [0.29, 0.717) is 6.61 Å². The molecule has 1 aliphatic rings. The zero-order valence-electron chi connectivity index (χ0n) is 12.3. The van der Waals surface area contributed by atoms with Crippen molar-refractivity contribution in [2.45, 2.75) is 6.92 Å². The van der Waals surface area contributed by atoms with Gasteiger partial charge in [0.25, 0.3) is 0 Å². The van der Waals surface area contributed by atoms with Gasteiger partial charge in [0.2, 0.25) is 0 Å². The number of benzene rings is 3. The molecule has 0 amide bonds. The Hall–Kier alpha value is -2.81. The lowest BCUT2D eigenvalue weighted by Gasteiger charge is -2.09. The van der Waals surface area contributed by atoms with Crippen molar-refractivity contribution in [1.29, 1.82) is 0 Å². The molecular weight excluding hydrogens is 272 g/mol. The standard InChI is InChI=1S/C19H16N2O/c1-2-22-15-11-9-14(10-12-15)20-19-16-7-3-5-13-6-4-8-17(21-19)18(13)16/h3-12H,2H2,1H3,(H,20,21). The van der Waals surface area contributed by atoms with Gasteiger partial charge in [0.1, 0.15) is 11.6 Å². The number of aliphatic imine (C=N–C) groups is 1. The molecule has 108 valence electrons. The Kier molecular flexibility index (Phi) is 3.04. The molecule has 22 heavy (non-hydrogen) atoms. The molecule has 3 aromatic carbocycles. The fourth-order valence-corrected chi connectivity index (χ4v) is 2.83. The summed E-state index contributed by atoms with van der Waals surface area (Å²) in [5.41, 5.74) is 3.19. The summed E-state index contributed by atoms with van der Waals surface area (Å²) in [6.07, 6.45) is 0. The minimum absolute atomic E-state index is 0.677. The highest BCUT2D eigenvalue weighted by molar-refractivity contribution is 6.23. The summed E-state index contributed by atoms with van der Waals surface area (Å²) in [4.78, 5) is 4.72. The van der Waals surface area contributed by atoms with Crippen molar-refractivity contribution >= 4 is 28.0 Å². The van der Waals surface area contributed by atoms with Crippen LogP contribution in [0.3, 0.4) is 0 Å². The quantitative estimate of drug-likeness (QED) is 0.755. The lowest BCUT2D eigenvalue weighted by Crippen LogP contribution is -2.11. The van der Waals surface area contributed by atoms with E-state index in [1.807, 2.05) is 37.3 Å². The van der Waals surface area contributed by atoms with E-state index in [-0.39, 0.29) is 0 Å². The lowest BCUT2D eigenvalue weighted by molar-refractivity contribution is 0.340. The first kappa shape index (κ1) is 12.9. The van der Waals surface area contributed by atoms with E-state index in [4.69, 9.17) is 9.73 Å². The van der Waals surface area contributed by atoms with E-state index in [0.717, 1.165) is 28.5 Å². The lowest BCUT2D eigenvalue weighted by atomic mass is 10.0. The van der Waals surface area contributed by atoms with Crippen molar-refractivity contribution in [1.82, 2.24) is 0 Å². The molecule has 4 rings (SSSR count). The summed E-state index contributed by atoms with van der Waals surface area (Å²) in [5.74, 6) is 1.78. The largest absolute Gasteiger partial charge is 0.494 e. The highest BCUT2D eigenvalue weighted by atomic mass is 16.5. The third kappa shape index (κ3) is 2.11.